The largest absolute Gasteiger partial charge is 0.469 e. The Hall–Kier alpha value is -1.86. The summed E-state index contributed by atoms with van der Waals surface area (Å²) >= 11 is 1.74. The van der Waals surface area contributed by atoms with E-state index < -0.39 is 0 Å². The third-order valence-corrected chi connectivity index (χ3v) is 5.90. The molecule has 154 valence electrons. The normalized spacial score (nSPS) is 17.8. The number of ether oxygens (including phenoxy) is 1. The zero-order valence-electron chi connectivity index (χ0n) is 17.2. The van der Waals surface area contributed by atoms with Crippen LogP contribution in [0.5, 0.6) is 0 Å². The van der Waals surface area contributed by atoms with Crippen molar-refractivity contribution in [1.29, 1.82) is 0 Å². The summed E-state index contributed by atoms with van der Waals surface area (Å²) in [6.45, 7) is 9.73. The van der Waals surface area contributed by atoms with Gasteiger partial charge in [0, 0.05) is 43.3 Å². The maximum atomic E-state index is 5.69. The molecule has 0 radical (unpaired) electrons. The highest BCUT2D eigenvalue weighted by Crippen LogP contribution is 2.25. The van der Waals surface area contributed by atoms with E-state index in [0.29, 0.717) is 6.54 Å². The molecule has 1 aliphatic rings. The second-order valence-electron chi connectivity index (χ2n) is 8.15. The Morgan fingerprint density at radius 1 is 1.29 bits per heavy atom. The summed E-state index contributed by atoms with van der Waals surface area (Å²) in [5.74, 6) is 1.80. The zero-order valence-corrected chi connectivity index (χ0v) is 18.0. The van der Waals surface area contributed by atoms with Gasteiger partial charge in [0.25, 0.3) is 0 Å². The highest BCUT2D eigenvalue weighted by molar-refractivity contribution is 7.09. The molecule has 3 heterocycles. The van der Waals surface area contributed by atoms with Crippen molar-refractivity contribution >= 4 is 17.3 Å². The van der Waals surface area contributed by atoms with E-state index >= 15 is 0 Å². The first-order valence-electron chi connectivity index (χ1n) is 10.1. The topological polar surface area (TPSA) is 71.7 Å². The lowest BCUT2D eigenvalue weighted by Gasteiger charge is -2.14. The van der Waals surface area contributed by atoms with Crippen LogP contribution in [0.15, 0.2) is 33.2 Å². The van der Waals surface area contributed by atoms with Gasteiger partial charge in [-0.05, 0) is 25.0 Å². The number of hydrogen-bond donors (Lipinski definition) is 2. The third-order valence-electron chi connectivity index (χ3n) is 4.59. The molecule has 0 bridgehead atoms. The van der Waals surface area contributed by atoms with E-state index in [1.165, 1.54) is 5.01 Å². The molecule has 1 aliphatic heterocycles. The smallest absolute Gasteiger partial charge is 0.191 e. The standard InChI is InChI=1S/C21H32N4O2S/c1-21(2,3)19-25-16(15-28-19)8-10-22-20(24-14-18-7-5-13-27-18)23-11-9-17-6-4-12-26-17/h4,6,12,15,18H,5,7-11,13-14H2,1-3H3,(H2,22,23,24). The Kier molecular flexibility index (Phi) is 7.50. The maximum Gasteiger partial charge on any atom is 0.191 e. The summed E-state index contributed by atoms with van der Waals surface area (Å²) in [6, 6.07) is 3.91. The molecule has 1 fully saturated rings. The summed E-state index contributed by atoms with van der Waals surface area (Å²) < 4.78 is 11.1. The lowest BCUT2D eigenvalue weighted by molar-refractivity contribution is 0.117. The average Bonchev–Trinajstić information content (AvgIpc) is 3.40. The maximum absolute atomic E-state index is 5.69. The van der Waals surface area contributed by atoms with Crippen molar-refractivity contribution in [2.24, 2.45) is 4.99 Å². The van der Waals surface area contributed by atoms with Crippen LogP contribution in [0.3, 0.4) is 0 Å². The van der Waals surface area contributed by atoms with Crippen molar-refractivity contribution in [3.05, 3.63) is 40.2 Å². The first kappa shape index (κ1) is 20.9. The Labute approximate surface area is 171 Å². The van der Waals surface area contributed by atoms with Gasteiger partial charge in [0.05, 0.1) is 29.6 Å². The monoisotopic (exact) mass is 404 g/mol. The molecule has 2 N–H and O–H groups in total. The van der Waals surface area contributed by atoms with Crippen LogP contribution in [0.1, 0.15) is 50.1 Å². The number of furan rings is 1. The lowest BCUT2D eigenvalue weighted by Crippen LogP contribution is -2.40. The van der Waals surface area contributed by atoms with Gasteiger partial charge in [-0.1, -0.05) is 20.8 Å². The van der Waals surface area contributed by atoms with Crippen LogP contribution >= 0.6 is 11.3 Å². The van der Waals surface area contributed by atoms with Gasteiger partial charge in [-0.2, -0.15) is 0 Å². The van der Waals surface area contributed by atoms with Crippen LogP contribution in [0, 0.1) is 0 Å². The molecule has 1 unspecified atom stereocenters. The number of hydrogen-bond acceptors (Lipinski definition) is 5. The predicted octanol–water partition coefficient (Wildman–Crippen LogP) is 3.53. The fourth-order valence-corrected chi connectivity index (χ4v) is 3.93. The highest BCUT2D eigenvalue weighted by Gasteiger charge is 2.18. The van der Waals surface area contributed by atoms with Gasteiger partial charge < -0.3 is 19.8 Å². The van der Waals surface area contributed by atoms with Gasteiger partial charge in [0.15, 0.2) is 5.96 Å². The Morgan fingerprint density at radius 3 is 2.75 bits per heavy atom. The highest BCUT2D eigenvalue weighted by atomic mass is 32.1. The Bertz CT molecular complexity index is 728. The Morgan fingerprint density at radius 2 is 2.11 bits per heavy atom. The van der Waals surface area contributed by atoms with E-state index in [0.717, 1.165) is 62.8 Å². The second-order valence-corrected chi connectivity index (χ2v) is 9.01. The summed E-state index contributed by atoms with van der Waals surface area (Å²) in [5.41, 5.74) is 1.24. The minimum absolute atomic E-state index is 0.109. The van der Waals surface area contributed by atoms with E-state index in [-0.39, 0.29) is 11.5 Å². The number of thiazole rings is 1. The van der Waals surface area contributed by atoms with Crippen molar-refractivity contribution < 1.29 is 9.15 Å². The fraction of sp³-hybridized carbons (Fsp3) is 0.619. The molecule has 28 heavy (non-hydrogen) atoms. The molecule has 7 heteroatoms. The zero-order chi connectivity index (χ0) is 19.8. The lowest BCUT2D eigenvalue weighted by atomic mass is 9.98. The van der Waals surface area contributed by atoms with Crippen LogP contribution < -0.4 is 10.6 Å². The van der Waals surface area contributed by atoms with Crippen LogP contribution in [0.4, 0.5) is 0 Å². The molecule has 1 saturated heterocycles. The number of nitrogens with zero attached hydrogens (tertiary/aromatic N) is 2. The third kappa shape index (κ3) is 6.63. The molecule has 1 atom stereocenters. The summed E-state index contributed by atoms with van der Waals surface area (Å²) in [7, 11) is 0. The first-order chi connectivity index (χ1) is 13.5. The molecule has 0 amide bonds. The van der Waals surface area contributed by atoms with Gasteiger partial charge in [-0.25, -0.2) is 4.98 Å². The molecule has 3 rings (SSSR count). The van der Waals surface area contributed by atoms with Gasteiger partial charge in [0.1, 0.15) is 5.76 Å². The predicted molar refractivity (Wildman–Crippen MR) is 114 cm³/mol. The summed E-state index contributed by atoms with van der Waals surface area (Å²) in [6.07, 6.45) is 5.89. The minimum atomic E-state index is 0.109. The van der Waals surface area contributed by atoms with Crippen molar-refractivity contribution in [2.45, 2.75) is 58.0 Å². The first-order valence-corrected chi connectivity index (χ1v) is 11.0. The van der Waals surface area contributed by atoms with Crippen molar-refractivity contribution in [1.82, 2.24) is 15.6 Å². The number of nitrogens with one attached hydrogen (secondary N) is 2. The van der Waals surface area contributed by atoms with Gasteiger partial charge in [-0.15, -0.1) is 11.3 Å². The number of aliphatic imine (C=N–C) groups is 1. The van der Waals surface area contributed by atoms with E-state index in [2.05, 4.69) is 36.8 Å². The van der Waals surface area contributed by atoms with Gasteiger partial charge in [-0.3, -0.25) is 4.99 Å². The SMILES string of the molecule is CC(C)(C)c1nc(CCNC(=NCC2CCCO2)NCCc2ccco2)cs1. The summed E-state index contributed by atoms with van der Waals surface area (Å²) in [5, 5.41) is 10.2. The molecule has 0 saturated carbocycles. The molecular weight excluding hydrogens is 372 g/mol. The van der Waals surface area contributed by atoms with Crippen LogP contribution in [0.2, 0.25) is 0 Å². The van der Waals surface area contributed by atoms with Gasteiger partial charge >= 0.3 is 0 Å². The van der Waals surface area contributed by atoms with Crippen molar-refractivity contribution in [3.8, 4) is 0 Å². The molecule has 2 aromatic heterocycles. The molecule has 0 aromatic carbocycles. The quantitative estimate of drug-likeness (QED) is 0.520. The van der Waals surface area contributed by atoms with Crippen molar-refractivity contribution in [3.63, 3.8) is 0 Å². The molecule has 0 spiro atoms. The van der Waals surface area contributed by atoms with Crippen LogP contribution in [-0.4, -0.2) is 43.3 Å². The van der Waals surface area contributed by atoms with Crippen LogP contribution in [0.25, 0.3) is 0 Å². The van der Waals surface area contributed by atoms with Gasteiger partial charge in [0.2, 0.25) is 0 Å². The molecular formula is C21H32N4O2S. The average molecular weight is 405 g/mol. The second kappa shape index (κ2) is 10.1. The Balaban J connectivity index is 1.48. The van der Waals surface area contributed by atoms with E-state index in [9.17, 15) is 0 Å². The van der Waals surface area contributed by atoms with E-state index in [4.69, 9.17) is 19.1 Å². The number of rotatable bonds is 8. The van der Waals surface area contributed by atoms with E-state index in [1.807, 2.05) is 12.1 Å². The fourth-order valence-electron chi connectivity index (χ4n) is 2.99. The number of aromatic nitrogens is 1. The number of guanidine groups is 1. The molecule has 2 aromatic rings. The molecule has 6 nitrogen and oxygen atoms in total. The van der Waals surface area contributed by atoms with Crippen molar-refractivity contribution in [2.75, 3.05) is 26.2 Å². The van der Waals surface area contributed by atoms with E-state index in [1.54, 1.807) is 17.6 Å². The van der Waals surface area contributed by atoms with Crippen LogP contribution in [-0.2, 0) is 23.0 Å². The minimum Gasteiger partial charge on any atom is -0.469 e. The summed E-state index contributed by atoms with van der Waals surface area (Å²) in [4.78, 5) is 9.49. The molecule has 0 aliphatic carbocycles.